The third-order valence-corrected chi connectivity index (χ3v) is 3.40. The Labute approximate surface area is 135 Å². The second-order valence-corrected chi connectivity index (χ2v) is 5.40. The van der Waals surface area contributed by atoms with Gasteiger partial charge in [0.05, 0.1) is 13.0 Å². The Kier molecular flexibility index (Phi) is 5.51. The minimum atomic E-state index is -0.446. The molecule has 1 aromatic heterocycles. The summed E-state index contributed by atoms with van der Waals surface area (Å²) in [6.45, 7) is 4.58. The fourth-order valence-corrected chi connectivity index (χ4v) is 2.26. The zero-order valence-electron chi connectivity index (χ0n) is 13.5. The molecule has 0 spiro atoms. The zero-order chi connectivity index (χ0) is 16.8. The molecular formula is C17H22N4O2. The third kappa shape index (κ3) is 4.67. The highest BCUT2D eigenvalue weighted by atomic mass is 16.5. The molecule has 1 heterocycles. The summed E-state index contributed by atoms with van der Waals surface area (Å²) in [6, 6.07) is 7.83. The standard InChI is InChI=1S/C17H22N4O2/c1-3-8-23-13-6-4-12(5-7-13)9-16-20-11(2)14(10-15(18)22)17(19)21-16/h4-7H,3,8-10H2,1-2H3,(H2,18,22)(H2,19,20,21). The monoisotopic (exact) mass is 314 g/mol. The smallest absolute Gasteiger partial charge is 0.222 e. The molecule has 6 nitrogen and oxygen atoms in total. The highest BCUT2D eigenvalue weighted by Crippen LogP contribution is 2.17. The van der Waals surface area contributed by atoms with Gasteiger partial charge in [-0.25, -0.2) is 9.97 Å². The molecule has 0 saturated heterocycles. The molecule has 1 amide bonds. The van der Waals surface area contributed by atoms with Crippen LogP contribution in [0.25, 0.3) is 0 Å². The molecule has 1 aromatic carbocycles. The topological polar surface area (TPSA) is 104 Å². The largest absolute Gasteiger partial charge is 0.494 e. The molecule has 0 aliphatic rings. The Morgan fingerprint density at radius 1 is 1.22 bits per heavy atom. The summed E-state index contributed by atoms with van der Waals surface area (Å²) in [5.74, 6) is 1.34. The molecule has 0 aliphatic heterocycles. The van der Waals surface area contributed by atoms with Crippen molar-refractivity contribution in [1.29, 1.82) is 0 Å². The van der Waals surface area contributed by atoms with Crippen molar-refractivity contribution < 1.29 is 9.53 Å². The summed E-state index contributed by atoms with van der Waals surface area (Å²) in [5, 5.41) is 0. The van der Waals surface area contributed by atoms with Gasteiger partial charge in [0.2, 0.25) is 5.91 Å². The molecular weight excluding hydrogens is 292 g/mol. The number of nitrogens with zero attached hydrogens (tertiary/aromatic N) is 2. The molecule has 0 atom stereocenters. The molecule has 0 aliphatic carbocycles. The van der Waals surface area contributed by atoms with E-state index in [9.17, 15) is 4.79 Å². The van der Waals surface area contributed by atoms with Crippen LogP contribution in [0, 0.1) is 6.92 Å². The average molecular weight is 314 g/mol. The van der Waals surface area contributed by atoms with Crippen molar-refractivity contribution >= 4 is 11.7 Å². The van der Waals surface area contributed by atoms with Gasteiger partial charge in [-0.15, -0.1) is 0 Å². The van der Waals surface area contributed by atoms with E-state index >= 15 is 0 Å². The van der Waals surface area contributed by atoms with Crippen molar-refractivity contribution in [3.8, 4) is 5.75 Å². The molecule has 0 fully saturated rings. The van der Waals surface area contributed by atoms with Crippen molar-refractivity contribution in [2.75, 3.05) is 12.3 Å². The quantitative estimate of drug-likeness (QED) is 0.810. The number of carbonyl (C=O) groups is 1. The lowest BCUT2D eigenvalue weighted by Crippen LogP contribution is -2.17. The van der Waals surface area contributed by atoms with Crippen molar-refractivity contribution in [3.63, 3.8) is 0 Å². The number of nitrogens with two attached hydrogens (primary N) is 2. The number of aromatic nitrogens is 2. The lowest BCUT2D eigenvalue weighted by atomic mass is 10.1. The summed E-state index contributed by atoms with van der Waals surface area (Å²) in [7, 11) is 0. The molecule has 0 bridgehead atoms. The van der Waals surface area contributed by atoms with Crippen molar-refractivity contribution in [2.45, 2.75) is 33.1 Å². The number of nitrogen functional groups attached to an aromatic ring is 1. The number of amides is 1. The van der Waals surface area contributed by atoms with Gasteiger partial charge in [0, 0.05) is 17.7 Å². The van der Waals surface area contributed by atoms with E-state index in [2.05, 4.69) is 16.9 Å². The van der Waals surface area contributed by atoms with Gasteiger partial charge in [-0.3, -0.25) is 4.79 Å². The Balaban J connectivity index is 2.12. The van der Waals surface area contributed by atoms with Gasteiger partial charge in [-0.2, -0.15) is 0 Å². The summed E-state index contributed by atoms with van der Waals surface area (Å²) < 4.78 is 5.56. The first-order valence-electron chi connectivity index (χ1n) is 7.61. The number of anilines is 1. The highest BCUT2D eigenvalue weighted by Gasteiger charge is 2.12. The SMILES string of the molecule is CCCOc1ccc(Cc2nc(C)c(CC(N)=O)c(N)n2)cc1. The van der Waals surface area contributed by atoms with Crippen molar-refractivity contribution in [1.82, 2.24) is 9.97 Å². The number of benzene rings is 1. The maximum Gasteiger partial charge on any atom is 0.222 e. The molecule has 6 heteroatoms. The van der Waals surface area contributed by atoms with Crippen molar-refractivity contribution in [3.05, 3.63) is 46.9 Å². The average Bonchev–Trinajstić information content (AvgIpc) is 2.50. The number of aryl methyl sites for hydroxylation is 1. The molecule has 0 radical (unpaired) electrons. The van der Waals surface area contributed by atoms with Gasteiger partial charge in [-0.1, -0.05) is 19.1 Å². The highest BCUT2D eigenvalue weighted by molar-refractivity contribution is 5.78. The van der Waals surface area contributed by atoms with E-state index in [1.54, 1.807) is 0 Å². The Bertz CT molecular complexity index is 660. The minimum absolute atomic E-state index is 0.0570. The fourth-order valence-electron chi connectivity index (χ4n) is 2.26. The van der Waals surface area contributed by atoms with Crippen LogP contribution >= 0.6 is 0 Å². The normalized spacial score (nSPS) is 10.5. The lowest BCUT2D eigenvalue weighted by molar-refractivity contribution is -0.117. The maximum absolute atomic E-state index is 11.1. The molecule has 23 heavy (non-hydrogen) atoms. The summed E-state index contributed by atoms with van der Waals surface area (Å²) in [4.78, 5) is 19.8. The van der Waals surface area contributed by atoms with E-state index in [1.165, 1.54) is 0 Å². The van der Waals surface area contributed by atoms with E-state index in [1.807, 2.05) is 31.2 Å². The van der Waals surface area contributed by atoms with Gasteiger partial charge in [-0.05, 0) is 31.0 Å². The summed E-state index contributed by atoms with van der Waals surface area (Å²) in [6.07, 6.45) is 1.60. The fraction of sp³-hybridized carbons (Fsp3) is 0.353. The Morgan fingerprint density at radius 2 is 1.91 bits per heavy atom. The number of carbonyl (C=O) groups excluding carboxylic acids is 1. The molecule has 0 unspecified atom stereocenters. The Hall–Kier alpha value is -2.63. The molecule has 0 saturated carbocycles. The van der Waals surface area contributed by atoms with Crippen LogP contribution in [0.3, 0.4) is 0 Å². The number of hydrogen-bond donors (Lipinski definition) is 2. The van der Waals surface area contributed by atoms with Crippen LogP contribution in [-0.2, 0) is 17.6 Å². The third-order valence-electron chi connectivity index (χ3n) is 3.40. The Morgan fingerprint density at radius 3 is 2.48 bits per heavy atom. The van der Waals surface area contributed by atoms with E-state index in [-0.39, 0.29) is 6.42 Å². The number of hydrogen-bond acceptors (Lipinski definition) is 5. The van der Waals surface area contributed by atoms with Crippen LogP contribution in [0.1, 0.15) is 36.0 Å². The lowest BCUT2D eigenvalue weighted by Gasteiger charge is -2.10. The van der Waals surface area contributed by atoms with Crippen LogP contribution < -0.4 is 16.2 Å². The van der Waals surface area contributed by atoms with E-state index < -0.39 is 5.91 Å². The van der Waals surface area contributed by atoms with Crippen LogP contribution in [0.15, 0.2) is 24.3 Å². The van der Waals surface area contributed by atoms with E-state index in [0.717, 1.165) is 17.7 Å². The van der Waals surface area contributed by atoms with Gasteiger partial charge in [0.25, 0.3) is 0 Å². The van der Waals surface area contributed by atoms with Gasteiger partial charge >= 0.3 is 0 Å². The van der Waals surface area contributed by atoms with E-state index in [4.69, 9.17) is 16.2 Å². The zero-order valence-corrected chi connectivity index (χ0v) is 13.5. The second kappa shape index (κ2) is 7.58. The first-order chi connectivity index (χ1) is 11.0. The van der Waals surface area contributed by atoms with E-state index in [0.29, 0.717) is 35.9 Å². The minimum Gasteiger partial charge on any atom is -0.494 e. The number of ether oxygens (including phenoxy) is 1. The number of primary amides is 1. The molecule has 122 valence electrons. The summed E-state index contributed by atoms with van der Waals surface area (Å²) >= 11 is 0. The first-order valence-corrected chi connectivity index (χ1v) is 7.61. The van der Waals surface area contributed by atoms with Crippen LogP contribution in [0.5, 0.6) is 5.75 Å². The van der Waals surface area contributed by atoms with Gasteiger partial charge < -0.3 is 16.2 Å². The van der Waals surface area contributed by atoms with Crippen molar-refractivity contribution in [2.24, 2.45) is 5.73 Å². The van der Waals surface area contributed by atoms with Crippen LogP contribution in [0.4, 0.5) is 5.82 Å². The summed E-state index contributed by atoms with van der Waals surface area (Å²) in [5.41, 5.74) is 13.5. The second-order valence-electron chi connectivity index (χ2n) is 5.40. The van der Waals surface area contributed by atoms with Crippen LogP contribution in [-0.4, -0.2) is 22.5 Å². The van der Waals surface area contributed by atoms with Gasteiger partial charge in [0.15, 0.2) is 0 Å². The molecule has 2 rings (SSSR count). The van der Waals surface area contributed by atoms with Crippen LogP contribution in [0.2, 0.25) is 0 Å². The maximum atomic E-state index is 11.1. The predicted molar refractivity (Wildman–Crippen MR) is 89.1 cm³/mol. The molecule has 4 N–H and O–H groups in total. The van der Waals surface area contributed by atoms with Gasteiger partial charge in [0.1, 0.15) is 17.4 Å². The molecule has 2 aromatic rings. The predicted octanol–water partition coefficient (Wildman–Crippen LogP) is 1.77. The first kappa shape index (κ1) is 16.7. The number of rotatable bonds is 7.